The molecule has 112 valence electrons. The van der Waals surface area contributed by atoms with Crippen molar-refractivity contribution in [2.45, 2.75) is 45.3 Å². The predicted octanol–water partition coefficient (Wildman–Crippen LogP) is 2.34. The van der Waals surface area contributed by atoms with Gasteiger partial charge < -0.3 is 4.74 Å². The largest absolute Gasteiger partial charge is 0.357 e. The Labute approximate surface area is 119 Å². The van der Waals surface area contributed by atoms with Crippen LogP contribution in [0.15, 0.2) is 6.07 Å². The van der Waals surface area contributed by atoms with Gasteiger partial charge in [-0.1, -0.05) is 13.8 Å². The molecule has 0 spiro atoms. The Bertz CT molecular complexity index is 464. The lowest BCUT2D eigenvalue weighted by Crippen LogP contribution is -2.26. The van der Waals surface area contributed by atoms with Crippen LogP contribution in [0.25, 0.3) is 0 Å². The average molecular weight is 281 g/mol. The Kier molecular flexibility index (Phi) is 4.77. The minimum Gasteiger partial charge on any atom is -0.357 e. The third kappa shape index (κ3) is 3.02. The van der Waals surface area contributed by atoms with Crippen LogP contribution in [0.1, 0.15) is 61.4 Å². The van der Waals surface area contributed by atoms with Crippen molar-refractivity contribution >= 4 is 5.91 Å². The minimum absolute atomic E-state index is 0.0597. The van der Waals surface area contributed by atoms with Crippen LogP contribution in [0.2, 0.25) is 0 Å². The zero-order valence-electron chi connectivity index (χ0n) is 12.6. The highest BCUT2D eigenvalue weighted by atomic mass is 16.7. The first kappa shape index (κ1) is 15.0. The van der Waals surface area contributed by atoms with Crippen molar-refractivity contribution < 1.29 is 14.4 Å². The smallest absolute Gasteiger partial charge is 0.297 e. The maximum atomic E-state index is 12.1. The van der Waals surface area contributed by atoms with E-state index in [0.29, 0.717) is 5.69 Å². The number of rotatable bonds is 4. The van der Waals surface area contributed by atoms with Gasteiger partial charge in [0.1, 0.15) is 6.23 Å². The summed E-state index contributed by atoms with van der Waals surface area (Å²) >= 11 is 0. The molecule has 0 saturated carbocycles. The highest BCUT2D eigenvalue weighted by Crippen LogP contribution is 2.27. The Balaban J connectivity index is 2.30. The quantitative estimate of drug-likeness (QED) is 0.795. The fourth-order valence-electron chi connectivity index (χ4n) is 2.34. The number of carbonyl (C=O) groups excluding carboxylic acids is 1. The number of carbonyl (C=O) groups is 1. The highest BCUT2D eigenvalue weighted by molar-refractivity contribution is 5.91. The van der Waals surface area contributed by atoms with Crippen LogP contribution in [0.3, 0.4) is 0 Å². The molecule has 1 unspecified atom stereocenters. The van der Waals surface area contributed by atoms with E-state index in [-0.39, 0.29) is 18.1 Å². The maximum absolute atomic E-state index is 12.1. The van der Waals surface area contributed by atoms with Gasteiger partial charge in [0.15, 0.2) is 5.69 Å². The summed E-state index contributed by atoms with van der Waals surface area (Å²) in [5.74, 6) is 0.0337. The number of hydrogen-bond acceptors (Lipinski definition) is 4. The summed E-state index contributed by atoms with van der Waals surface area (Å²) < 4.78 is 7.64. The van der Waals surface area contributed by atoms with E-state index < -0.39 is 0 Å². The van der Waals surface area contributed by atoms with Crippen molar-refractivity contribution in [1.29, 1.82) is 0 Å². The van der Waals surface area contributed by atoms with Gasteiger partial charge in [0.2, 0.25) is 0 Å². The molecule has 0 N–H and O–H groups in total. The molecule has 1 aromatic heterocycles. The van der Waals surface area contributed by atoms with Gasteiger partial charge in [0, 0.05) is 19.3 Å². The number of hydrogen-bond donors (Lipinski definition) is 0. The first-order valence-corrected chi connectivity index (χ1v) is 7.07. The number of ether oxygens (including phenoxy) is 1. The van der Waals surface area contributed by atoms with E-state index in [1.54, 1.807) is 7.05 Å². The zero-order chi connectivity index (χ0) is 14.7. The molecule has 1 aliphatic rings. The second-order valence-corrected chi connectivity index (χ2v) is 5.36. The Morgan fingerprint density at radius 1 is 1.55 bits per heavy atom. The van der Waals surface area contributed by atoms with E-state index in [0.717, 1.165) is 31.6 Å². The minimum atomic E-state index is -0.246. The lowest BCUT2D eigenvalue weighted by atomic mass is 10.1. The zero-order valence-corrected chi connectivity index (χ0v) is 12.6. The second-order valence-electron chi connectivity index (χ2n) is 5.36. The lowest BCUT2D eigenvalue weighted by molar-refractivity contribution is -0.0764. The molecule has 2 rings (SSSR count). The van der Waals surface area contributed by atoms with Gasteiger partial charge in [-0.15, -0.1) is 0 Å². The molecule has 1 amide bonds. The van der Waals surface area contributed by atoms with E-state index in [9.17, 15) is 4.79 Å². The van der Waals surface area contributed by atoms with Gasteiger partial charge in [-0.2, -0.15) is 5.10 Å². The number of aromatic nitrogens is 2. The molecule has 1 aromatic rings. The Morgan fingerprint density at radius 3 is 2.85 bits per heavy atom. The van der Waals surface area contributed by atoms with Gasteiger partial charge >= 0.3 is 0 Å². The van der Waals surface area contributed by atoms with Crippen LogP contribution >= 0.6 is 0 Å². The van der Waals surface area contributed by atoms with Crippen LogP contribution in [-0.2, 0) is 9.57 Å². The molecule has 1 aliphatic heterocycles. The molecule has 6 nitrogen and oxygen atoms in total. The van der Waals surface area contributed by atoms with Gasteiger partial charge in [0.25, 0.3) is 5.91 Å². The first-order chi connectivity index (χ1) is 9.54. The number of nitrogens with zero attached hydrogens (tertiary/aromatic N) is 3. The van der Waals surface area contributed by atoms with E-state index in [2.05, 4.69) is 18.9 Å². The summed E-state index contributed by atoms with van der Waals surface area (Å²) in [6, 6.07) is 1.83. The molecule has 0 aliphatic carbocycles. The topological polar surface area (TPSA) is 56.6 Å². The van der Waals surface area contributed by atoms with Crippen molar-refractivity contribution in [3.05, 3.63) is 17.5 Å². The maximum Gasteiger partial charge on any atom is 0.297 e. The summed E-state index contributed by atoms with van der Waals surface area (Å²) in [6.07, 6.45) is 3.10. The third-order valence-electron chi connectivity index (χ3n) is 3.56. The summed E-state index contributed by atoms with van der Waals surface area (Å²) in [6.45, 7) is 4.93. The molecule has 0 aromatic carbocycles. The van der Waals surface area contributed by atoms with E-state index in [1.807, 2.05) is 10.7 Å². The molecule has 2 heterocycles. The standard InChI is InChI=1S/C14H23N3O3/c1-10(2)12-9-11(14(18)16(3)19-4)15-17(12)13-7-5-6-8-20-13/h9-10,13H,5-8H2,1-4H3. The van der Waals surface area contributed by atoms with E-state index in [4.69, 9.17) is 9.57 Å². The monoisotopic (exact) mass is 281 g/mol. The SMILES string of the molecule is CON(C)C(=O)c1cc(C(C)C)n(C2CCCCO2)n1. The van der Waals surface area contributed by atoms with Crippen molar-refractivity contribution in [1.82, 2.24) is 14.8 Å². The van der Waals surface area contributed by atoms with Gasteiger partial charge in [0.05, 0.1) is 7.11 Å². The second kappa shape index (κ2) is 6.37. The first-order valence-electron chi connectivity index (χ1n) is 7.07. The summed E-state index contributed by atoms with van der Waals surface area (Å²) in [4.78, 5) is 17.1. The molecule has 1 fully saturated rings. The summed E-state index contributed by atoms with van der Waals surface area (Å²) in [5, 5.41) is 5.62. The van der Waals surface area contributed by atoms with Crippen LogP contribution in [-0.4, -0.2) is 41.5 Å². The molecule has 1 saturated heterocycles. The Morgan fingerprint density at radius 2 is 2.30 bits per heavy atom. The average Bonchev–Trinajstić information content (AvgIpc) is 2.92. The molecule has 6 heteroatoms. The van der Waals surface area contributed by atoms with Crippen molar-refractivity contribution in [3.63, 3.8) is 0 Å². The number of hydroxylamine groups is 2. The van der Waals surface area contributed by atoms with Crippen molar-refractivity contribution in [3.8, 4) is 0 Å². The van der Waals surface area contributed by atoms with Crippen LogP contribution in [0.5, 0.6) is 0 Å². The van der Waals surface area contributed by atoms with Gasteiger partial charge in [-0.3, -0.25) is 9.63 Å². The number of amides is 1. The van der Waals surface area contributed by atoms with Crippen LogP contribution < -0.4 is 0 Å². The van der Waals surface area contributed by atoms with Gasteiger partial charge in [-0.05, 0) is 31.2 Å². The van der Waals surface area contributed by atoms with E-state index in [1.165, 1.54) is 12.2 Å². The molecular formula is C14H23N3O3. The van der Waals surface area contributed by atoms with Crippen molar-refractivity contribution in [2.24, 2.45) is 0 Å². The van der Waals surface area contributed by atoms with Crippen LogP contribution in [0, 0.1) is 0 Å². The Hall–Kier alpha value is -1.40. The summed E-state index contributed by atoms with van der Waals surface area (Å²) in [5.41, 5.74) is 1.41. The normalized spacial score (nSPS) is 19.4. The van der Waals surface area contributed by atoms with E-state index >= 15 is 0 Å². The predicted molar refractivity (Wildman–Crippen MR) is 74.3 cm³/mol. The summed E-state index contributed by atoms with van der Waals surface area (Å²) in [7, 11) is 3.04. The van der Waals surface area contributed by atoms with Gasteiger partial charge in [-0.25, -0.2) is 9.75 Å². The fraction of sp³-hybridized carbons (Fsp3) is 0.714. The fourth-order valence-corrected chi connectivity index (χ4v) is 2.34. The van der Waals surface area contributed by atoms with Crippen molar-refractivity contribution in [2.75, 3.05) is 20.8 Å². The molecule has 0 radical (unpaired) electrons. The third-order valence-corrected chi connectivity index (χ3v) is 3.56. The molecule has 20 heavy (non-hydrogen) atoms. The molecular weight excluding hydrogens is 258 g/mol. The van der Waals surface area contributed by atoms with Crippen LogP contribution in [0.4, 0.5) is 0 Å². The molecule has 1 atom stereocenters. The molecule has 0 bridgehead atoms. The lowest BCUT2D eigenvalue weighted by Gasteiger charge is -2.25. The highest BCUT2D eigenvalue weighted by Gasteiger charge is 2.25.